The van der Waals surface area contributed by atoms with Gasteiger partial charge in [0.15, 0.2) is 6.04 Å². The van der Waals surface area contributed by atoms with E-state index in [2.05, 4.69) is 29.7 Å². The van der Waals surface area contributed by atoms with Crippen LogP contribution in [-0.4, -0.2) is 26.0 Å². The number of carbonyl (C=O) groups is 2. The Kier molecular flexibility index (Phi) is 6.09. The van der Waals surface area contributed by atoms with Gasteiger partial charge >= 0.3 is 6.03 Å². The van der Waals surface area contributed by atoms with Crippen molar-refractivity contribution in [3.63, 3.8) is 0 Å². The summed E-state index contributed by atoms with van der Waals surface area (Å²) >= 11 is 0. The zero-order chi connectivity index (χ0) is 17.5. The molecule has 0 fully saturated rings. The number of hydrogen-bond donors (Lipinski definition) is 3. The molecule has 3 N–H and O–H groups in total. The molecule has 5 heteroatoms. The SMILES string of the molecule is CNC(=O)NC(=O)[C@@H](c1ccccc1)[NH+](C)Cc1ccccc1C. The fourth-order valence-electron chi connectivity index (χ4n) is 2.76. The summed E-state index contributed by atoms with van der Waals surface area (Å²) in [6.07, 6.45) is 0. The topological polar surface area (TPSA) is 62.6 Å². The second-order valence-corrected chi connectivity index (χ2v) is 5.86. The van der Waals surface area contributed by atoms with Crippen LogP contribution in [0.3, 0.4) is 0 Å². The maximum atomic E-state index is 12.6. The van der Waals surface area contributed by atoms with E-state index in [0.29, 0.717) is 6.54 Å². The molecule has 0 aliphatic heterocycles. The minimum atomic E-state index is -0.496. The van der Waals surface area contributed by atoms with Crippen LogP contribution < -0.4 is 15.5 Å². The lowest BCUT2D eigenvalue weighted by Gasteiger charge is -2.25. The summed E-state index contributed by atoms with van der Waals surface area (Å²) in [7, 11) is 3.46. The summed E-state index contributed by atoms with van der Waals surface area (Å²) in [5.41, 5.74) is 3.25. The molecule has 126 valence electrons. The van der Waals surface area contributed by atoms with E-state index in [1.807, 2.05) is 49.5 Å². The zero-order valence-corrected chi connectivity index (χ0v) is 14.3. The van der Waals surface area contributed by atoms with Gasteiger partial charge in [-0.2, -0.15) is 0 Å². The molecule has 24 heavy (non-hydrogen) atoms. The standard InChI is InChI=1S/C19H23N3O2/c1-14-9-7-8-12-16(14)13-22(3)17(15-10-5-4-6-11-15)18(23)21-19(24)20-2/h4-12,17H,13H2,1-3H3,(H2,20,21,23,24)/p+1/t17-/m1/s1. The maximum Gasteiger partial charge on any atom is 0.321 e. The Morgan fingerprint density at radius 3 is 2.29 bits per heavy atom. The highest BCUT2D eigenvalue weighted by Crippen LogP contribution is 2.11. The highest BCUT2D eigenvalue weighted by atomic mass is 16.2. The lowest BCUT2D eigenvalue weighted by molar-refractivity contribution is -0.916. The third-order valence-corrected chi connectivity index (χ3v) is 4.08. The monoisotopic (exact) mass is 326 g/mol. The predicted molar refractivity (Wildman–Crippen MR) is 93.6 cm³/mol. The van der Waals surface area contributed by atoms with Crippen molar-refractivity contribution < 1.29 is 14.5 Å². The molecule has 0 heterocycles. The molecule has 0 bridgehead atoms. The first-order valence-electron chi connectivity index (χ1n) is 7.97. The molecular formula is C19H24N3O2+. The number of carbonyl (C=O) groups excluding carboxylic acids is 2. The van der Waals surface area contributed by atoms with E-state index in [9.17, 15) is 9.59 Å². The molecule has 1 unspecified atom stereocenters. The third-order valence-electron chi connectivity index (χ3n) is 4.08. The Bertz CT molecular complexity index is 701. The number of nitrogens with one attached hydrogen (secondary N) is 3. The summed E-state index contributed by atoms with van der Waals surface area (Å²) in [6.45, 7) is 2.75. The maximum absolute atomic E-state index is 12.6. The van der Waals surface area contributed by atoms with Crippen LogP contribution in [-0.2, 0) is 11.3 Å². The number of benzene rings is 2. The van der Waals surface area contributed by atoms with Gasteiger partial charge in [-0.1, -0.05) is 54.6 Å². The molecule has 2 rings (SSSR count). The van der Waals surface area contributed by atoms with Crippen molar-refractivity contribution >= 4 is 11.9 Å². The van der Waals surface area contributed by atoms with E-state index in [1.165, 1.54) is 18.2 Å². The van der Waals surface area contributed by atoms with Crippen molar-refractivity contribution in [1.29, 1.82) is 0 Å². The van der Waals surface area contributed by atoms with Crippen LogP contribution in [0.25, 0.3) is 0 Å². The van der Waals surface area contributed by atoms with E-state index in [-0.39, 0.29) is 5.91 Å². The van der Waals surface area contributed by atoms with Gasteiger partial charge in [0.1, 0.15) is 6.54 Å². The van der Waals surface area contributed by atoms with Crippen molar-refractivity contribution in [2.24, 2.45) is 0 Å². The molecule has 0 aromatic heterocycles. The van der Waals surface area contributed by atoms with Gasteiger partial charge < -0.3 is 10.2 Å². The number of aryl methyl sites for hydroxylation is 1. The van der Waals surface area contributed by atoms with Gasteiger partial charge in [-0.25, -0.2) is 4.79 Å². The normalized spacial score (nSPS) is 13.0. The number of urea groups is 1. The van der Waals surface area contributed by atoms with Crippen LogP contribution in [0.5, 0.6) is 0 Å². The van der Waals surface area contributed by atoms with Gasteiger partial charge in [0.2, 0.25) is 0 Å². The summed E-state index contributed by atoms with van der Waals surface area (Å²) in [4.78, 5) is 25.2. The number of amides is 3. The van der Waals surface area contributed by atoms with Crippen molar-refractivity contribution in [1.82, 2.24) is 10.6 Å². The molecule has 0 radical (unpaired) electrons. The smallest absolute Gasteiger partial charge is 0.321 e. The lowest BCUT2D eigenvalue weighted by atomic mass is 10.0. The highest BCUT2D eigenvalue weighted by molar-refractivity contribution is 5.96. The van der Waals surface area contributed by atoms with Crippen molar-refractivity contribution in [2.75, 3.05) is 14.1 Å². The van der Waals surface area contributed by atoms with Gasteiger partial charge in [0, 0.05) is 18.2 Å². The van der Waals surface area contributed by atoms with Crippen LogP contribution in [0, 0.1) is 6.92 Å². The van der Waals surface area contributed by atoms with Crippen LogP contribution >= 0.6 is 0 Å². The molecule has 0 saturated heterocycles. The first kappa shape index (κ1) is 17.7. The van der Waals surface area contributed by atoms with E-state index in [0.717, 1.165) is 10.5 Å². The lowest BCUT2D eigenvalue weighted by Crippen LogP contribution is -3.09. The van der Waals surface area contributed by atoms with Gasteiger partial charge in [0.25, 0.3) is 5.91 Å². The Morgan fingerprint density at radius 1 is 1.04 bits per heavy atom. The highest BCUT2D eigenvalue weighted by Gasteiger charge is 2.30. The van der Waals surface area contributed by atoms with Gasteiger partial charge in [-0.05, 0) is 12.5 Å². The molecule has 0 saturated carbocycles. The molecule has 2 aromatic rings. The zero-order valence-electron chi connectivity index (χ0n) is 14.3. The molecule has 0 spiro atoms. The molecular weight excluding hydrogens is 302 g/mol. The largest absolute Gasteiger partial charge is 0.341 e. The average molecular weight is 326 g/mol. The van der Waals surface area contributed by atoms with Crippen LogP contribution in [0.4, 0.5) is 4.79 Å². The van der Waals surface area contributed by atoms with E-state index >= 15 is 0 Å². The summed E-state index contributed by atoms with van der Waals surface area (Å²) in [5.74, 6) is -0.313. The Balaban J connectivity index is 2.26. The molecule has 0 aliphatic carbocycles. The fourth-order valence-corrected chi connectivity index (χ4v) is 2.76. The third kappa shape index (κ3) is 4.43. The number of imide groups is 1. The summed E-state index contributed by atoms with van der Waals surface area (Å²) in [6, 6.07) is 16.7. The Morgan fingerprint density at radius 2 is 1.67 bits per heavy atom. The summed E-state index contributed by atoms with van der Waals surface area (Å²) in [5, 5.41) is 4.82. The van der Waals surface area contributed by atoms with Crippen LogP contribution in [0.2, 0.25) is 0 Å². The summed E-state index contributed by atoms with van der Waals surface area (Å²) < 4.78 is 0. The number of hydrogen-bond acceptors (Lipinski definition) is 2. The number of likely N-dealkylation sites (N-methyl/N-ethyl adjacent to an activating group) is 1. The van der Waals surface area contributed by atoms with E-state index < -0.39 is 12.1 Å². The van der Waals surface area contributed by atoms with Crippen molar-refractivity contribution in [3.8, 4) is 0 Å². The first-order chi connectivity index (χ1) is 11.5. The minimum absolute atomic E-state index is 0.313. The molecule has 2 aromatic carbocycles. The second-order valence-electron chi connectivity index (χ2n) is 5.86. The Hall–Kier alpha value is -2.66. The fraction of sp³-hybridized carbons (Fsp3) is 0.263. The number of quaternary nitrogens is 1. The molecule has 2 atom stereocenters. The van der Waals surface area contributed by atoms with Crippen molar-refractivity contribution in [3.05, 3.63) is 71.3 Å². The van der Waals surface area contributed by atoms with Gasteiger partial charge in [0.05, 0.1) is 7.05 Å². The first-order valence-corrected chi connectivity index (χ1v) is 7.97. The van der Waals surface area contributed by atoms with Crippen LogP contribution in [0.15, 0.2) is 54.6 Å². The molecule has 3 amide bonds. The predicted octanol–water partition coefficient (Wildman–Crippen LogP) is 1.21. The van der Waals surface area contributed by atoms with E-state index in [4.69, 9.17) is 0 Å². The van der Waals surface area contributed by atoms with Crippen molar-refractivity contribution in [2.45, 2.75) is 19.5 Å². The molecule has 0 aliphatic rings. The average Bonchev–Trinajstić information content (AvgIpc) is 2.58. The quantitative estimate of drug-likeness (QED) is 0.773. The second kappa shape index (κ2) is 8.26. The van der Waals surface area contributed by atoms with Gasteiger partial charge in [-0.3, -0.25) is 10.1 Å². The Labute approximate surface area is 142 Å². The van der Waals surface area contributed by atoms with Crippen LogP contribution in [0.1, 0.15) is 22.7 Å². The molecule has 5 nitrogen and oxygen atoms in total. The number of rotatable bonds is 5. The van der Waals surface area contributed by atoms with E-state index in [1.54, 1.807) is 0 Å². The minimum Gasteiger partial charge on any atom is -0.341 e. The van der Waals surface area contributed by atoms with Gasteiger partial charge in [-0.15, -0.1) is 0 Å².